The van der Waals surface area contributed by atoms with Crippen molar-refractivity contribution >= 4 is 5.91 Å². The summed E-state index contributed by atoms with van der Waals surface area (Å²) in [6.07, 6.45) is 1.81. The van der Waals surface area contributed by atoms with Crippen LogP contribution in [0.4, 0.5) is 0 Å². The summed E-state index contributed by atoms with van der Waals surface area (Å²) in [7, 11) is 3.54. The Morgan fingerprint density at radius 1 is 1.45 bits per heavy atom. The van der Waals surface area contributed by atoms with Crippen LogP contribution in [0.5, 0.6) is 5.75 Å². The summed E-state index contributed by atoms with van der Waals surface area (Å²) in [5, 5.41) is 3.31. The van der Waals surface area contributed by atoms with E-state index in [2.05, 4.69) is 12.2 Å². The van der Waals surface area contributed by atoms with E-state index in [0.29, 0.717) is 6.54 Å². The zero-order chi connectivity index (χ0) is 14.6. The minimum atomic E-state index is -0.225. The first-order chi connectivity index (χ1) is 9.63. The molecule has 0 aliphatic carbocycles. The molecule has 1 heterocycles. The zero-order valence-electron chi connectivity index (χ0n) is 12.6. The predicted octanol–water partition coefficient (Wildman–Crippen LogP) is 2.04. The van der Waals surface area contributed by atoms with Crippen molar-refractivity contribution in [2.75, 3.05) is 27.2 Å². The highest BCUT2D eigenvalue weighted by Crippen LogP contribution is 2.32. The van der Waals surface area contributed by atoms with E-state index in [1.807, 2.05) is 36.2 Å². The number of carbonyl (C=O) groups excluding carboxylic acids is 1. The first-order valence-corrected chi connectivity index (χ1v) is 7.21. The van der Waals surface area contributed by atoms with E-state index in [4.69, 9.17) is 4.74 Å². The molecule has 1 aromatic carbocycles. The van der Waals surface area contributed by atoms with Crippen molar-refractivity contribution in [1.29, 1.82) is 0 Å². The number of rotatable bonds is 5. The third-order valence-corrected chi connectivity index (χ3v) is 4.32. The Hall–Kier alpha value is -1.55. The topological polar surface area (TPSA) is 41.6 Å². The van der Waals surface area contributed by atoms with Gasteiger partial charge >= 0.3 is 0 Å². The fraction of sp³-hybridized carbons (Fsp3) is 0.562. The molecule has 1 saturated heterocycles. The maximum Gasteiger partial charge on any atom is 0.230 e. The number of hydrogen-bond acceptors (Lipinski definition) is 3. The van der Waals surface area contributed by atoms with Gasteiger partial charge in [0.25, 0.3) is 0 Å². The second kappa shape index (κ2) is 6.27. The Kier molecular flexibility index (Phi) is 4.65. The summed E-state index contributed by atoms with van der Waals surface area (Å²) < 4.78 is 5.35. The van der Waals surface area contributed by atoms with Crippen LogP contribution < -0.4 is 10.1 Å². The fourth-order valence-electron chi connectivity index (χ4n) is 2.95. The van der Waals surface area contributed by atoms with Crippen molar-refractivity contribution in [2.24, 2.45) is 5.41 Å². The van der Waals surface area contributed by atoms with Crippen molar-refractivity contribution < 1.29 is 9.53 Å². The first kappa shape index (κ1) is 14.9. The number of hydrogen-bond donors (Lipinski definition) is 1. The standard InChI is InChI=1S/C16H24N2O2/c1-4-16(9-10-17-12-16)15(19)18(2)11-13-7-5-6-8-14(13)20-3/h5-8,17H,4,9-12H2,1-3H3. The zero-order valence-corrected chi connectivity index (χ0v) is 12.6. The summed E-state index contributed by atoms with van der Waals surface area (Å²) in [6.45, 7) is 4.41. The Bertz CT molecular complexity index is 467. The van der Waals surface area contributed by atoms with E-state index in [1.54, 1.807) is 7.11 Å². The van der Waals surface area contributed by atoms with Crippen molar-refractivity contribution in [3.8, 4) is 5.75 Å². The first-order valence-electron chi connectivity index (χ1n) is 7.21. The molecule has 0 aromatic heterocycles. The molecule has 0 radical (unpaired) electrons. The highest BCUT2D eigenvalue weighted by molar-refractivity contribution is 5.83. The third kappa shape index (κ3) is 2.80. The Balaban J connectivity index is 2.11. The van der Waals surface area contributed by atoms with Gasteiger partial charge in [-0.3, -0.25) is 4.79 Å². The van der Waals surface area contributed by atoms with Gasteiger partial charge < -0.3 is 15.0 Å². The van der Waals surface area contributed by atoms with Gasteiger partial charge in [0.2, 0.25) is 5.91 Å². The van der Waals surface area contributed by atoms with E-state index in [9.17, 15) is 4.79 Å². The molecule has 1 atom stereocenters. The number of nitrogens with zero attached hydrogens (tertiary/aromatic N) is 1. The number of benzene rings is 1. The molecule has 20 heavy (non-hydrogen) atoms. The van der Waals surface area contributed by atoms with Crippen molar-refractivity contribution in [3.05, 3.63) is 29.8 Å². The average molecular weight is 276 g/mol. The minimum absolute atomic E-state index is 0.225. The lowest BCUT2D eigenvalue weighted by Gasteiger charge is -2.31. The normalized spacial score (nSPS) is 21.8. The summed E-state index contributed by atoms with van der Waals surface area (Å²) in [6, 6.07) is 7.86. The fourth-order valence-corrected chi connectivity index (χ4v) is 2.95. The van der Waals surface area contributed by atoms with Crippen LogP contribution in [0.2, 0.25) is 0 Å². The molecular formula is C16H24N2O2. The molecule has 1 unspecified atom stereocenters. The van der Waals surface area contributed by atoms with Crippen LogP contribution >= 0.6 is 0 Å². The van der Waals surface area contributed by atoms with Gasteiger partial charge in [0.1, 0.15) is 5.75 Å². The van der Waals surface area contributed by atoms with Crippen LogP contribution in [0.1, 0.15) is 25.3 Å². The molecular weight excluding hydrogens is 252 g/mol. The number of carbonyl (C=O) groups is 1. The van der Waals surface area contributed by atoms with Crippen molar-refractivity contribution in [1.82, 2.24) is 10.2 Å². The largest absolute Gasteiger partial charge is 0.496 e. The van der Waals surface area contributed by atoms with E-state index in [0.717, 1.165) is 37.2 Å². The van der Waals surface area contributed by atoms with Crippen LogP contribution in [0.15, 0.2) is 24.3 Å². The van der Waals surface area contributed by atoms with Crippen LogP contribution in [-0.4, -0.2) is 38.1 Å². The molecule has 0 saturated carbocycles. The summed E-state index contributed by atoms with van der Waals surface area (Å²) in [5.74, 6) is 1.07. The van der Waals surface area contributed by atoms with E-state index in [1.165, 1.54) is 0 Å². The lowest BCUT2D eigenvalue weighted by atomic mass is 9.83. The quantitative estimate of drug-likeness (QED) is 0.895. The molecule has 1 N–H and O–H groups in total. The van der Waals surface area contributed by atoms with E-state index < -0.39 is 0 Å². The summed E-state index contributed by atoms with van der Waals surface area (Å²) >= 11 is 0. The van der Waals surface area contributed by atoms with Gasteiger partial charge in [0.15, 0.2) is 0 Å². The Morgan fingerprint density at radius 3 is 2.80 bits per heavy atom. The van der Waals surface area contributed by atoms with Crippen LogP contribution in [-0.2, 0) is 11.3 Å². The predicted molar refractivity (Wildman–Crippen MR) is 79.7 cm³/mol. The average Bonchev–Trinajstić information content (AvgIpc) is 2.97. The molecule has 0 spiro atoms. The van der Waals surface area contributed by atoms with Crippen LogP contribution in [0.3, 0.4) is 0 Å². The molecule has 1 aromatic rings. The Labute approximate surface area is 121 Å². The number of para-hydroxylation sites is 1. The minimum Gasteiger partial charge on any atom is -0.496 e. The molecule has 110 valence electrons. The molecule has 1 amide bonds. The van der Waals surface area contributed by atoms with Gasteiger partial charge in [-0.05, 0) is 25.5 Å². The molecule has 1 aliphatic heterocycles. The van der Waals surface area contributed by atoms with Crippen LogP contribution in [0.25, 0.3) is 0 Å². The number of methoxy groups -OCH3 is 1. The maximum absolute atomic E-state index is 12.7. The van der Waals surface area contributed by atoms with Gasteiger partial charge in [-0.1, -0.05) is 25.1 Å². The lowest BCUT2D eigenvalue weighted by molar-refractivity contribution is -0.140. The third-order valence-electron chi connectivity index (χ3n) is 4.32. The molecule has 4 nitrogen and oxygen atoms in total. The Morgan fingerprint density at radius 2 is 2.20 bits per heavy atom. The molecule has 1 fully saturated rings. The molecule has 0 bridgehead atoms. The number of amides is 1. The van der Waals surface area contributed by atoms with Gasteiger partial charge in [-0.2, -0.15) is 0 Å². The second-order valence-corrected chi connectivity index (χ2v) is 5.53. The molecule has 4 heteroatoms. The SMILES string of the molecule is CCC1(C(=O)N(C)Cc2ccccc2OC)CCNC1. The van der Waals surface area contributed by atoms with Gasteiger partial charge in [0.05, 0.1) is 12.5 Å². The molecule has 1 aliphatic rings. The summed E-state index contributed by atoms with van der Waals surface area (Å²) in [4.78, 5) is 14.6. The van der Waals surface area contributed by atoms with Crippen molar-refractivity contribution in [2.45, 2.75) is 26.3 Å². The van der Waals surface area contributed by atoms with E-state index in [-0.39, 0.29) is 11.3 Å². The smallest absolute Gasteiger partial charge is 0.230 e. The number of ether oxygens (including phenoxy) is 1. The van der Waals surface area contributed by atoms with Gasteiger partial charge in [0, 0.05) is 25.7 Å². The van der Waals surface area contributed by atoms with Gasteiger partial charge in [-0.15, -0.1) is 0 Å². The maximum atomic E-state index is 12.7. The summed E-state index contributed by atoms with van der Waals surface area (Å²) in [5.41, 5.74) is 0.819. The van der Waals surface area contributed by atoms with E-state index >= 15 is 0 Å². The van der Waals surface area contributed by atoms with Crippen molar-refractivity contribution in [3.63, 3.8) is 0 Å². The lowest BCUT2D eigenvalue weighted by Crippen LogP contribution is -2.42. The second-order valence-electron chi connectivity index (χ2n) is 5.53. The monoisotopic (exact) mass is 276 g/mol. The highest BCUT2D eigenvalue weighted by Gasteiger charge is 2.41. The molecule has 2 rings (SSSR count). The number of nitrogens with one attached hydrogen (secondary N) is 1. The highest BCUT2D eigenvalue weighted by atomic mass is 16.5. The van der Waals surface area contributed by atoms with Crippen LogP contribution in [0, 0.1) is 5.41 Å². The van der Waals surface area contributed by atoms with Gasteiger partial charge in [-0.25, -0.2) is 0 Å².